The van der Waals surface area contributed by atoms with E-state index in [1.54, 1.807) is 49.1 Å². The van der Waals surface area contributed by atoms with Gasteiger partial charge in [-0.25, -0.2) is 9.79 Å². The number of amidine groups is 1. The zero-order valence-corrected chi connectivity index (χ0v) is 17.9. The summed E-state index contributed by atoms with van der Waals surface area (Å²) in [7, 11) is 0. The quantitative estimate of drug-likeness (QED) is 0.407. The summed E-state index contributed by atoms with van der Waals surface area (Å²) in [6.07, 6.45) is 0. The van der Waals surface area contributed by atoms with E-state index in [2.05, 4.69) is 4.99 Å². The molecule has 0 amide bonds. The van der Waals surface area contributed by atoms with Crippen molar-refractivity contribution in [3.63, 3.8) is 0 Å². The molecule has 10 nitrogen and oxygen atoms in total. The number of carbonyl (C=O) groups excluding carboxylic acids is 1. The molecule has 32 heavy (non-hydrogen) atoms. The van der Waals surface area contributed by atoms with Gasteiger partial charge in [0.2, 0.25) is 0 Å². The van der Waals surface area contributed by atoms with Gasteiger partial charge in [0.1, 0.15) is 34.4 Å². The Balaban J connectivity index is 1.86. The van der Waals surface area contributed by atoms with Crippen molar-refractivity contribution in [2.24, 2.45) is 10.7 Å². The highest BCUT2D eigenvalue weighted by Crippen LogP contribution is 2.46. The molecule has 0 saturated carbocycles. The van der Waals surface area contributed by atoms with Crippen LogP contribution in [0.15, 0.2) is 67.8 Å². The third-order valence-electron chi connectivity index (χ3n) is 4.94. The summed E-state index contributed by atoms with van der Waals surface area (Å²) >= 11 is 1.09. The van der Waals surface area contributed by atoms with Gasteiger partial charge in [-0.15, -0.1) is 0 Å². The van der Waals surface area contributed by atoms with Crippen molar-refractivity contribution >= 4 is 28.6 Å². The van der Waals surface area contributed by atoms with Crippen LogP contribution in [0.3, 0.4) is 0 Å². The molecule has 2 N–H and O–H groups in total. The fourth-order valence-electron chi connectivity index (χ4n) is 3.57. The van der Waals surface area contributed by atoms with E-state index in [0.29, 0.717) is 22.2 Å². The molecule has 1 atom stereocenters. The van der Waals surface area contributed by atoms with Gasteiger partial charge >= 0.3 is 5.97 Å². The van der Waals surface area contributed by atoms with Crippen LogP contribution in [0.4, 0.5) is 5.69 Å². The molecule has 0 fully saturated rings. The van der Waals surface area contributed by atoms with Gasteiger partial charge in [-0.2, -0.15) is 5.26 Å². The molecule has 11 heteroatoms. The molecule has 0 spiro atoms. The second-order valence-electron chi connectivity index (χ2n) is 6.79. The van der Waals surface area contributed by atoms with Crippen LogP contribution in [0, 0.1) is 21.4 Å². The van der Waals surface area contributed by atoms with Crippen LogP contribution in [0.5, 0.6) is 0 Å². The number of esters is 1. The van der Waals surface area contributed by atoms with Gasteiger partial charge in [-0.05, 0) is 43.8 Å². The maximum Gasteiger partial charge on any atom is 0.338 e. The minimum Gasteiger partial charge on any atom is -0.463 e. The third kappa shape index (κ3) is 3.40. The summed E-state index contributed by atoms with van der Waals surface area (Å²) in [6, 6.07) is 10.6. The molecule has 2 aliphatic rings. The normalized spacial score (nSPS) is 17.7. The minimum absolute atomic E-state index is 0.112. The molecule has 1 aromatic heterocycles. The van der Waals surface area contributed by atoms with Gasteiger partial charge < -0.3 is 14.9 Å². The number of fused-ring (bicyclic) bond motifs is 1. The first-order valence-electron chi connectivity index (χ1n) is 9.54. The topological polar surface area (TPSA) is 148 Å². The number of ether oxygens (including phenoxy) is 1. The van der Waals surface area contributed by atoms with Crippen molar-refractivity contribution in [3.05, 3.63) is 74.3 Å². The number of aliphatic imine (C=N–C) groups is 1. The lowest BCUT2D eigenvalue weighted by Gasteiger charge is -2.33. The number of nitrogens with zero attached hydrogens (tertiary/aromatic N) is 4. The van der Waals surface area contributed by atoms with Crippen molar-refractivity contribution in [1.29, 1.82) is 5.26 Å². The van der Waals surface area contributed by atoms with E-state index in [1.807, 2.05) is 6.07 Å². The van der Waals surface area contributed by atoms with Gasteiger partial charge in [0.15, 0.2) is 5.17 Å². The van der Waals surface area contributed by atoms with Crippen LogP contribution >= 0.6 is 11.8 Å². The first kappa shape index (κ1) is 21.2. The molecule has 2 aliphatic heterocycles. The van der Waals surface area contributed by atoms with Crippen LogP contribution in [0.1, 0.15) is 25.6 Å². The smallest absolute Gasteiger partial charge is 0.338 e. The number of rotatable bonds is 5. The fraction of sp³-hybridized carbons (Fsp3) is 0.190. The summed E-state index contributed by atoms with van der Waals surface area (Å²) in [4.78, 5) is 30.0. The molecule has 0 saturated heterocycles. The van der Waals surface area contributed by atoms with E-state index in [9.17, 15) is 20.2 Å². The number of para-hydroxylation sites is 1. The van der Waals surface area contributed by atoms with Crippen LogP contribution in [-0.4, -0.2) is 27.6 Å². The monoisotopic (exact) mass is 451 g/mol. The van der Waals surface area contributed by atoms with Crippen LogP contribution in [0.25, 0.3) is 11.3 Å². The summed E-state index contributed by atoms with van der Waals surface area (Å²) < 4.78 is 11.2. The van der Waals surface area contributed by atoms with Crippen LogP contribution in [0.2, 0.25) is 0 Å². The molecule has 2 aromatic rings. The molecule has 1 aromatic carbocycles. The number of benzene rings is 1. The number of thioether (sulfide) groups is 1. The summed E-state index contributed by atoms with van der Waals surface area (Å²) in [5.74, 6) is 0.103. The van der Waals surface area contributed by atoms with Crippen LogP contribution < -0.4 is 5.73 Å². The molecule has 0 unspecified atom stereocenters. The van der Waals surface area contributed by atoms with E-state index >= 15 is 0 Å². The first-order valence-corrected chi connectivity index (χ1v) is 10.4. The molecular weight excluding hydrogens is 434 g/mol. The van der Waals surface area contributed by atoms with Crippen molar-refractivity contribution in [2.45, 2.75) is 19.9 Å². The Hall–Kier alpha value is -4.04. The Labute approximate surface area is 186 Å². The average Bonchev–Trinajstić information content (AvgIpc) is 3.37. The summed E-state index contributed by atoms with van der Waals surface area (Å²) in [5, 5.41) is 21.3. The number of nitrogens with two attached hydrogens (primary N) is 1. The summed E-state index contributed by atoms with van der Waals surface area (Å²) in [6.45, 7) is 3.51. The SMILES string of the molecule is CCOC(=O)C1=C(C)N=C2SC(C#N)=C(N)N2[C@H]1c1ccc(-c2ccccc2[N+](=O)[O-])o1. The van der Waals surface area contributed by atoms with E-state index in [4.69, 9.17) is 14.9 Å². The number of hydrogen-bond donors (Lipinski definition) is 1. The van der Waals surface area contributed by atoms with Crippen molar-refractivity contribution in [3.8, 4) is 17.4 Å². The predicted octanol–water partition coefficient (Wildman–Crippen LogP) is 3.80. The van der Waals surface area contributed by atoms with Gasteiger partial charge in [-0.3, -0.25) is 15.0 Å². The molecule has 0 aliphatic carbocycles. The maximum atomic E-state index is 12.8. The Bertz CT molecular complexity index is 1270. The van der Waals surface area contributed by atoms with Gasteiger partial charge in [0, 0.05) is 6.07 Å². The number of furan rings is 1. The van der Waals surface area contributed by atoms with E-state index in [1.165, 1.54) is 6.07 Å². The molecule has 0 bridgehead atoms. The molecular formula is C21H17N5O5S. The maximum absolute atomic E-state index is 12.8. The Morgan fingerprint density at radius 2 is 2.16 bits per heavy atom. The molecule has 4 rings (SSSR count). The highest BCUT2D eigenvalue weighted by molar-refractivity contribution is 8.17. The molecule has 162 valence electrons. The highest BCUT2D eigenvalue weighted by atomic mass is 32.2. The fourth-order valence-corrected chi connectivity index (χ4v) is 4.48. The first-order chi connectivity index (χ1) is 15.4. The lowest BCUT2D eigenvalue weighted by molar-refractivity contribution is -0.384. The van der Waals surface area contributed by atoms with Crippen molar-refractivity contribution < 1.29 is 18.9 Å². The largest absolute Gasteiger partial charge is 0.463 e. The zero-order chi connectivity index (χ0) is 23.0. The Kier molecular flexibility index (Phi) is 5.46. The van der Waals surface area contributed by atoms with Gasteiger partial charge in [0.05, 0.1) is 28.4 Å². The number of nitro groups is 1. The number of carbonyl (C=O) groups is 1. The van der Waals surface area contributed by atoms with Gasteiger partial charge in [-0.1, -0.05) is 12.1 Å². The number of nitro benzene ring substituents is 1. The standard InChI is InChI=1S/C21H17N5O5S/c1-3-30-20(27)17-11(2)24-21-25(19(23)16(10-22)32-21)18(17)15-9-8-14(31-15)12-6-4-5-7-13(12)26(28)29/h4-9,18H,3,23H2,1-2H3/t18-/m0/s1. The summed E-state index contributed by atoms with van der Waals surface area (Å²) in [5.41, 5.74) is 7.01. The average molecular weight is 451 g/mol. The second-order valence-corrected chi connectivity index (χ2v) is 7.77. The lowest BCUT2D eigenvalue weighted by atomic mass is 10.00. The second kappa shape index (κ2) is 8.24. The van der Waals surface area contributed by atoms with E-state index < -0.39 is 16.9 Å². The van der Waals surface area contributed by atoms with Crippen molar-refractivity contribution in [2.75, 3.05) is 6.61 Å². The van der Waals surface area contributed by atoms with E-state index in [0.717, 1.165) is 11.8 Å². The number of nitriles is 1. The highest BCUT2D eigenvalue weighted by Gasteiger charge is 2.44. The lowest BCUT2D eigenvalue weighted by Crippen LogP contribution is -2.38. The van der Waals surface area contributed by atoms with Crippen LogP contribution in [-0.2, 0) is 9.53 Å². The number of hydrogen-bond acceptors (Lipinski definition) is 10. The Morgan fingerprint density at radius 3 is 2.84 bits per heavy atom. The van der Waals surface area contributed by atoms with Gasteiger partial charge in [0.25, 0.3) is 5.69 Å². The molecule has 3 heterocycles. The predicted molar refractivity (Wildman–Crippen MR) is 117 cm³/mol. The number of allylic oxidation sites excluding steroid dienone is 2. The van der Waals surface area contributed by atoms with Crippen molar-refractivity contribution in [1.82, 2.24) is 4.90 Å². The minimum atomic E-state index is -0.851. The zero-order valence-electron chi connectivity index (χ0n) is 17.1. The Morgan fingerprint density at radius 1 is 1.41 bits per heavy atom. The third-order valence-corrected chi connectivity index (χ3v) is 5.91. The van der Waals surface area contributed by atoms with E-state index in [-0.39, 0.29) is 34.4 Å². The molecule has 0 radical (unpaired) electrons.